The number of esters is 1. The Morgan fingerprint density at radius 3 is 1.81 bits per heavy atom. The monoisotopic (exact) mass is 509 g/mol. The van der Waals surface area contributed by atoms with Crippen LogP contribution in [0.2, 0.25) is 5.04 Å². The second-order valence-corrected chi connectivity index (χ2v) is 16.7. The summed E-state index contributed by atoms with van der Waals surface area (Å²) < 4.78 is 18.0. The number of ether oxygens (including phenoxy) is 2. The first kappa shape index (κ1) is 26.4. The predicted molar refractivity (Wildman–Crippen MR) is 143 cm³/mol. The van der Waals surface area contributed by atoms with Crippen molar-refractivity contribution in [3.05, 3.63) is 60.7 Å². The Morgan fingerprint density at radius 1 is 0.889 bits per heavy atom. The molecule has 0 atom stereocenters. The van der Waals surface area contributed by atoms with Crippen LogP contribution in [0.3, 0.4) is 0 Å². The molecule has 5 rings (SSSR count). The van der Waals surface area contributed by atoms with Crippen LogP contribution in [0.15, 0.2) is 60.7 Å². The van der Waals surface area contributed by atoms with E-state index in [4.69, 9.17) is 13.9 Å². The van der Waals surface area contributed by atoms with Gasteiger partial charge in [-0.1, -0.05) is 81.4 Å². The van der Waals surface area contributed by atoms with Crippen LogP contribution >= 0.6 is 0 Å². The maximum atomic E-state index is 13.1. The van der Waals surface area contributed by atoms with Crippen LogP contribution < -0.4 is 10.4 Å². The molecule has 3 fully saturated rings. The third kappa shape index (κ3) is 4.37. The van der Waals surface area contributed by atoms with Crippen LogP contribution in [0.1, 0.15) is 54.4 Å². The molecule has 2 heterocycles. The molecule has 0 radical (unpaired) electrons. The average Bonchev–Trinajstić information content (AvgIpc) is 3.31. The minimum absolute atomic E-state index is 0.154. The lowest BCUT2D eigenvalue weighted by molar-refractivity contribution is -0.159. The molecule has 1 saturated carbocycles. The van der Waals surface area contributed by atoms with Gasteiger partial charge in [-0.25, -0.2) is 9.59 Å². The van der Waals surface area contributed by atoms with Crippen molar-refractivity contribution in [2.45, 2.75) is 70.6 Å². The molecule has 2 aromatic rings. The van der Waals surface area contributed by atoms with Crippen molar-refractivity contribution in [1.29, 1.82) is 0 Å². The summed E-state index contributed by atoms with van der Waals surface area (Å²) in [5.41, 5.74) is -1.95. The van der Waals surface area contributed by atoms with Gasteiger partial charge in [-0.3, -0.25) is 4.90 Å². The first-order chi connectivity index (χ1) is 16.8. The van der Waals surface area contributed by atoms with Gasteiger partial charge in [0.15, 0.2) is 0 Å². The Bertz CT molecular complexity index is 1060. The fourth-order valence-electron chi connectivity index (χ4n) is 6.15. The van der Waals surface area contributed by atoms with E-state index in [1.54, 1.807) is 4.90 Å². The molecule has 7 heteroatoms. The van der Waals surface area contributed by atoms with Crippen molar-refractivity contribution in [2.75, 3.05) is 20.3 Å². The highest BCUT2D eigenvalue weighted by atomic mass is 28.4. The zero-order chi connectivity index (χ0) is 26.4. The van der Waals surface area contributed by atoms with Crippen LogP contribution in [0, 0.1) is 5.41 Å². The van der Waals surface area contributed by atoms with Gasteiger partial charge in [0.2, 0.25) is 0 Å². The zero-order valence-corrected chi connectivity index (χ0v) is 23.6. The summed E-state index contributed by atoms with van der Waals surface area (Å²) in [6.07, 6.45) is 0.562. The fraction of sp³-hybridized carbons (Fsp3) is 0.517. The van der Waals surface area contributed by atoms with Crippen LogP contribution in [0.25, 0.3) is 0 Å². The van der Waals surface area contributed by atoms with Gasteiger partial charge in [-0.05, 0) is 49.0 Å². The first-order valence-corrected chi connectivity index (χ1v) is 14.5. The zero-order valence-electron chi connectivity index (χ0n) is 22.6. The van der Waals surface area contributed by atoms with E-state index in [1.165, 1.54) is 17.5 Å². The largest absolute Gasteiger partial charge is 0.467 e. The van der Waals surface area contributed by atoms with Crippen molar-refractivity contribution in [1.82, 2.24) is 4.90 Å². The molecular formula is C29H39NO5Si. The van der Waals surface area contributed by atoms with E-state index in [-0.39, 0.29) is 16.4 Å². The number of carbonyl (C=O) groups excluding carboxylic acids is 2. The van der Waals surface area contributed by atoms with E-state index in [9.17, 15) is 9.59 Å². The van der Waals surface area contributed by atoms with Gasteiger partial charge >= 0.3 is 12.1 Å². The van der Waals surface area contributed by atoms with Gasteiger partial charge < -0.3 is 13.9 Å². The van der Waals surface area contributed by atoms with Crippen molar-refractivity contribution >= 4 is 30.8 Å². The highest BCUT2D eigenvalue weighted by Crippen LogP contribution is 2.60. The summed E-state index contributed by atoms with van der Waals surface area (Å²) in [4.78, 5) is 27.6. The number of fused-ring (bicyclic) bond motifs is 1. The number of hydrogen-bond acceptors (Lipinski definition) is 5. The number of benzene rings is 2. The molecule has 6 nitrogen and oxygen atoms in total. The Labute approximate surface area is 216 Å². The van der Waals surface area contributed by atoms with Gasteiger partial charge in [0.25, 0.3) is 8.32 Å². The predicted octanol–water partition coefficient (Wildman–Crippen LogP) is 4.51. The van der Waals surface area contributed by atoms with Crippen LogP contribution in [-0.2, 0) is 18.7 Å². The van der Waals surface area contributed by atoms with Crippen molar-refractivity contribution in [3.63, 3.8) is 0 Å². The Morgan fingerprint density at radius 2 is 1.39 bits per heavy atom. The highest BCUT2D eigenvalue weighted by molar-refractivity contribution is 6.99. The molecule has 2 bridgehead atoms. The van der Waals surface area contributed by atoms with Crippen LogP contribution in [0.4, 0.5) is 4.79 Å². The molecule has 2 aromatic carbocycles. The molecule has 0 unspecified atom stereocenters. The summed E-state index contributed by atoms with van der Waals surface area (Å²) >= 11 is 0. The quantitative estimate of drug-likeness (QED) is 0.424. The maximum Gasteiger partial charge on any atom is 0.411 e. The van der Waals surface area contributed by atoms with E-state index in [1.807, 2.05) is 32.9 Å². The van der Waals surface area contributed by atoms with E-state index in [2.05, 4.69) is 69.3 Å². The number of amides is 1. The average molecular weight is 510 g/mol. The Balaban J connectivity index is 1.69. The second kappa shape index (κ2) is 9.03. The smallest absolute Gasteiger partial charge is 0.411 e. The van der Waals surface area contributed by atoms with Crippen molar-refractivity contribution < 1.29 is 23.5 Å². The number of rotatable bonds is 6. The summed E-state index contributed by atoms with van der Waals surface area (Å²) in [5, 5.41) is 2.26. The summed E-state index contributed by atoms with van der Waals surface area (Å²) in [6.45, 7) is 13.1. The topological polar surface area (TPSA) is 65.1 Å². The summed E-state index contributed by atoms with van der Waals surface area (Å²) in [5.74, 6) is -0.382. The fourth-order valence-corrected chi connectivity index (χ4v) is 10.8. The van der Waals surface area contributed by atoms with Gasteiger partial charge in [0, 0.05) is 18.6 Å². The Kier molecular flexibility index (Phi) is 6.63. The molecule has 0 aromatic heterocycles. The lowest BCUT2D eigenvalue weighted by Crippen LogP contribution is -2.68. The normalized spacial score (nSPS) is 23.7. The van der Waals surface area contributed by atoms with E-state index >= 15 is 0 Å². The van der Waals surface area contributed by atoms with Gasteiger partial charge in [-0.2, -0.15) is 0 Å². The van der Waals surface area contributed by atoms with Gasteiger partial charge in [0.1, 0.15) is 11.1 Å². The van der Waals surface area contributed by atoms with Gasteiger partial charge in [0.05, 0.1) is 7.11 Å². The maximum absolute atomic E-state index is 13.1. The molecular weight excluding hydrogens is 470 g/mol. The number of methoxy groups -OCH3 is 1. The lowest BCUT2D eigenvalue weighted by atomic mass is 9.62. The molecule has 194 valence electrons. The van der Waals surface area contributed by atoms with Crippen LogP contribution in [0.5, 0.6) is 0 Å². The van der Waals surface area contributed by atoms with Gasteiger partial charge in [-0.15, -0.1) is 0 Å². The molecule has 1 aliphatic carbocycles. The van der Waals surface area contributed by atoms with E-state index in [0.717, 1.165) is 0 Å². The lowest BCUT2D eigenvalue weighted by Gasteiger charge is -2.48. The summed E-state index contributed by atoms with van der Waals surface area (Å²) in [6, 6.07) is 21.0. The number of carbonyl (C=O) groups is 2. The number of hydrogen-bond donors (Lipinski definition) is 0. The molecule has 0 spiro atoms. The minimum Gasteiger partial charge on any atom is -0.467 e. The molecule has 36 heavy (non-hydrogen) atoms. The highest BCUT2D eigenvalue weighted by Gasteiger charge is 2.72. The standard InChI is InChI=1S/C29H39NO5Si/c1-26(2,3)35-25(32)30-20-28(18-29(30,19-28)24(31)33-7)21-34-36(27(4,5)6,22-14-10-8-11-15-22)23-16-12-9-13-17-23/h8-17H,18-21H2,1-7H3. The molecule has 1 amide bonds. The molecule has 2 saturated heterocycles. The molecule has 0 N–H and O–H groups in total. The summed E-state index contributed by atoms with van der Waals surface area (Å²) in [7, 11) is -1.36. The molecule has 2 aliphatic heterocycles. The van der Waals surface area contributed by atoms with E-state index in [0.29, 0.717) is 26.0 Å². The Hall–Kier alpha value is -2.64. The third-order valence-electron chi connectivity index (χ3n) is 7.54. The van der Waals surface area contributed by atoms with Crippen LogP contribution in [-0.4, -0.2) is 56.7 Å². The van der Waals surface area contributed by atoms with Crippen molar-refractivity contribution in [3.8, 4) is 0 Å². The SMILES string of the molecule is COC(=O)C12CC(CO[Si](c3ccccc3)(c3ccccc3)C(C)(C)C)(CN1C(=O)OC(C)(C)C)C2. The molecule has 3 aliphatic rings. The first-order valence-electron chi connectivity index (χ1n) is 12.6. The minimum atomic E-state index is -2.74. The second-order valence-electron chi connectivity index (χ2n) is 12.4. The number of nitrogens with zero attached hydrogens (tertiary/aromatic N) is 1. The van der Waals surface area contributed by atoms with Crippen molar-refractivity contribution in [2.24, 2.45) is 5.41 Å². The third-order valence-corrected chi connectivity index (χ3v) is 12.5. The van der Waals surface area contributed by atoms with E-state index < -0.39 is 25.6 Å².